The van der Waals surface area contributed by atoms with Crippen LogP contribution >= 0.6 is 0 Å². The van der Waals surface area contributed by atoms with Crippen molar-refractivity contribution in [3.63, 3.8) is 0 Å². The molecule has 0 saturated carbocycles. The van der Waals surface area contributed by atoms with Crippen LogP contribution < -0.4 is 15.4 Å². The lowest BCUT2D eigenvalue weighted by Gasteiger charge is -2.20. The highest BCUT2D eigenvalue weighted by molar-refractivity contribution is 6.02. The Morgan fingerprint density at radius 1 is 1.07 bits per heavy atom. The quantitative estimate of drug-likeness (QED) is 0.782. The van der Waals surface area contributed by atoms with Gasteiger partial charge in [-0.25, -0.2) is 4.39 Å². The number of benzene rings is 2. The molecule has 2 amide bonds. The number of halogens is 1. The van der Waals surface area contributed by atoms with Gasteiger partial charge in [0, 0.05) is 22.9 Å². The van der Waals surface area contributed by atoms with Crippen molar-refractivity contribution in [3.05, 3.63) is 65.5 Å². The Bertz CT molecular complexity index is 853. The third-order valence-electron chi connectivity index (χ3n) is 3.51. The standard InChI is InChI=1S/C21H23FN2O3/c1-21(2,3)24-20(26)15-7-9-16(10-8-15)23-19(25)12-6-14-5-11-18(27-4)17(22)13-14/h5-13H,1-4H3,(H,23,25)(H,24,26)/b12-6+. The van der Waals surface area contributed by atoms with E-state index >= 15 is 0 Å². The number of hydrogen-bond acceptors (Lipinski definition) is 3. The Balaban J connectivity index is 1.97. The summed E-state index contributed by atoms with van der Waals surface area (Å²) in [6.45, 7) is 5.71. The van der Waals surface area contributed by atoms with Crippen LogP contribution in [0.2, 0.25) is 0 Å². The average Bonchev–Trinajstić information content (AvgIpc) is 2.59. The molecule has 0 aliphatic rings. The Hall–Kier alpha value is -3.15. The van der Waals surface area contributed by atoms with E-state index in [1.807, 2.05) is 20.8 Å². The molecule has 0 fully saturated rings. The summed E-state index contributed by atoms with van der Waals surface area (Å²) in [4.78, 5) is 24.1. The van der Waals surface area contributed by atoms with Gasteiger partial charge in [-0.15, -0.1) is 0 Å². The van der Waals surface area contributed by atoms with Gasteiger partial charge in [-0.05, 0) is 68.8 Å². The molecule has 142 valence electrons. The SMILES string of the molecule is COc1ccc(/C=C/C(=O)Nc2ccc(C(=O)NC(C)(C)C)cc2)cc1F. The van der Waals surface area contributed by atoms with Gasteiger partial charge >= 0.3 is 0 Å². The summed E-state index contributed by atoms with van der Waals surface area (Å²) in [5.74, 6) is -0.892. The molecule has 0 aliphatic carbocycles. The van der Waals surface area contributed by atoms with E-state index in [4.69, 9.17) is 4.74 Å². The molecular formula is C21H23FN2O3. The molecule has 0 unspecified atom stereocenters. The minimum atomic E-state index is -0.496. The first-order valence-corrected chi connectivity index (χ1v) is 8.43. The van der Waals surface area contributed by atoms with Crippen molar-refractivity contribution < 1.29 is 18.7 Å². The van der Waals surface area contributed by atoms with Gasteiger partial charge < -0.3 is 15.4 Å². The minimum Gasteiger partial charge on any atom is -0.494 e. The Labute approximate surface area is 158 Å². The highest BCUT2D eigenvalue weighted by Gasteiger charge is 2.15. The maximum atomic E-state index is 13.6. The molecule has 0 bridgehead atoms. The van der Waals surface area contributed by atoms with Crippen LogP contribution in [0.3, 0.4) is 0 Å². The Morgan fingerprint density at radius 2 is 1.74 bits per heavy atom. The van der Waals surface area contributed by atoms with Crippen LogP contribution in [0.1, 0.15) is 36.7 Å². The molecule has 6 heteroatoms. The third kappa shape index (κ3) is 6.26. The molecule has 27 heavy (non-hydrogen) atoms. The first kappa shape index (κ1) is 20.2. The van der Waals surface area contributed by atoms with Crippen molar-refractivity contribution in [1.29, 1.82) is 0 Å². The second kappa shape index (κ2) is 8.49. The highest BCUT2D eigenvalue weighted by atomic mass is 19.1. The number of rotatable bonds is 5. The van der Waals surface area contributed by atoms with Crippen molar-refractivity contribution in [3.8, 4) is 5.75 Å². The van der Waals surface area contributed by atoms with Gasteiger partial charge in [0.1, 0.15) is 0 Å². The molecule has 0 aliphatic heterocycles. The van der Waals surface area contributed by atoms with Crippen LogP contribution in [0.25, 0.3) is 6.08 Å². The van der Waals surface area contributed by atoms with Gasteiger partial charge in [0.05, 0.1) is 7.11 Å². The number of hydrogen-bond donors (Lipinski definition) is 2. The van der Waals surface area contributed by atoms with E-state index in [0.29, 0.717) is 16.8 Å². The van der Waals surface area contributed by atoms with Crippen LogP contribution in [0.5, 0.6) is 5.75 Å². The summed E-state index contributed by atoms with van der Waals surface area (Å²) in [7, 11) is 1.39. The smallest absolute Gasteiger partial charge is 0.251 e. The van der Waals surface area contributed by atoms with Crippen molar-refractivity contribution in [2.45, 2.75) is 26.3 Å². The van der Waals surface area contributed by atoms with Crippen LogP contribution in [0.15, 0.2) is 48.5 Å². The first-order valence-electron chi connectivity index (χ1n) is 8.43. The van der Waals surface area contributed by atoms with E-state index < -0.39 is 5.82 Å². The van der Waals surface area contributed by atoms with Crippen LogP contribution in [0.4, 0.5) is 10.1 Å². The van der Waals surface area contributed by atoms with Crippen LogP contribution in [0, 0.1) is 5.82 Å². The largest absolute Gasteiger partial charge is 0.494 e. The average molecular weight is 370 g/mol. The van der Waals surface area contributed by atoms with E-state index in [1.54, 1.807) is 30.3 Å². The zero-order chi connectivity index (χ0) is 20.0. The molecular weight excluding hydrogens is 347 g/mol. The van der Waals surface area contributed by atoms with Gasteiger partial charge in [0.15, 0.2) is 11.6 Å². The molecule has 2 rings (SSSR count). The summed E-state index contributed by atoms with van der Waals surface area (Å²) in [5, 5.41) is 5.56. The number of methoxy groups -OCH3 is 1. The van der Waals surface area contributed by atoms with E-state index in [2.05, 4.69) is 10.6 Å². The van der Waals surface area contributed by atoms with Crippen molar-refractivity contribution in [2.75, 3.05) is 12.4 Å². The molecule has 0 radical (unpaired) electrons. The number of anilines is 1. The summed E-state index contributed by atoms with van der Waals surface area (Å²) < 4.78 is 18.5. The Kier molecular flexibility index (Phi) is 6.34. The molecule has 0 heterocycles. The van der Waals surface area contributed by atoms with Gasteiger partial charge in [-0.1, -0.05) is 6.07 Å². The van der Waals surface area contributed by atoms with E-state index in [0.717, 1.165) is 0 Å². The van der Waals surface area contributed by atoms with E-state index in [9.17, 15) is 14.0 Å². The summed E-state index contributed by atoms with van der Waals surface area (Å²) in [6.07, 6.45) is 2.81. The number of amides is 2. The second-order valence-corrected chi connectivity index (χ2v) is 7.00. The van der Waals surface area contributed by atoms with E-state index in [-0.39, 0.29) is 23.1 Å². The summed E-state index contributed by atoms with van der Waals surface area (Å²) in [6, 6.07) is 11.0. The fraction of sp³-hybridized carbons (Fsp3) is 0.238. The third-order valence-corrected chi connectivity index (χ3v) is 3.51. The van der Waals surface area contributed by atoms with Crippen molar-refractivity contribution >= 4 is 23.6 Å². The maximum absolute atomic E-state index is 13.6. The molecule has 2 aromatic carbocycles. The zero-order valence-corrected chi connectivity index (χ0v) is 15.8. The monoisotopic (exact) mass is 370 g/mol. The second-order valence-electron chi connectivity index (χ2n) is 7.00. The zero-order valence-electron chi connectivity index (χ0n) is 15.8. The number of nitrogens with one attached hydrogen (secondary N) is 2. The number of ether oxygens (including phenoxy) is 1. The van der Waals surface area contributed by atoms with Gasteiger partial charge in [-0.3, -0.25) is 9.59 Å². The number of carbonyl (C=O) groups is 2. The molecule has 0 atom stereocenters. The summed E-state index contributed by atoms with van der Waals surface area (Å²) >= 11 is 0. The van der Waals surface area contributed by atoms with E-state index in [1.165, 1.54) is 31.4 Å². The lowest BCUT2D eigenvalue weighted by molar-refractivity contribution is -0.111. The highest BCUT2D eigenvalue weighted by Crippen LogP contribution is 2.18. The van der Waals surface area contributed by atoms with Crippen LogP contribution in [-0.4, -0.2) is 24.5 Å². The summed E-state index contributed by atoms with van der Waals surface area (Å²) in [5.41, 5.74) is 1.28. The molecule has 2 aromatic rings. The lowest BCUT2D eigenvalue weighted by Crippen LogP contribution is -2.40. The van der Waals surface area contributed by atoms with Crippen molar-refractivity contribution in [2.24, 2.45) is 0 Å². The molecule has 2 N–H and O–H groups in total. The van der Waals surface area contributed by atoms with Crippen molar-refractivity contribution in [1.82, 2.24) is 5.32 Å². The topological polar surface area (TPSA) is 67.4 Å². The van der Waals surface area contributed by atoms with Gasteiger partial charge in [-0.2, -0.15) is 0 Å². The normalized spacial score (nSPS) is 11.3. The fourth-order valence-electron chi connectivity index (χ4n) is 2.26. The molecule has 0 spiro atoms. The van der Waals surface area contributed by atoms with Gasteiger partial charge in [0.25, 0.3) is 5.91 Å². The first-order chi connectivity index (χ1) is 12.7. The predicted molar refractivity (Wildman–Crippen MR) is 104 cm³/mol. The number of carbonyl (C=O) groups excluding carboxylic acids is 2. The lowest BCUT2D eigenvalue weighted by atomic mass is 10.1. The molecule has 5 nitrogen and oxygen atoms in total. The molecule has 0 aromatic heterocycles. The predicted octanol–water partition coefficient (Wildman–Crippen LogP) is 4.01. The van der Waals surface area contributed by atoms with Gasteiger partial charge in [0.2, 0.25) is 5.91 Å². The Morgan fingerprint density at radius 3 is 2.30 bits per heavy atom. The maximum Gasteiger partial charge on any atom is 0.251 e. The van der Waals surface area contributed by atoms with Crippen LogP contribution in [-0.2, 0) is 4.79 Å². The minimum absolute atomic E-state index is 0.146. The fourth-order valence-corrected chi connectivity index (χ4v) is 2.26. The molecule has 0 saturated heterocycles.